The molecule has 0 atom stereocenters. The predicted octanol–water partition coefficient (Wildman–Crippen LogP) is 6.05. The minimum Gasteiger partial charge on any atom is -0.506 e. The molecule has 2 aromatic carbocycles. The molecule has 3 aromatic rings. The number of nitrogens with zero attached hydrogens (tertiary/aromatic N) is 3. The van der Waals surface area contributed by atoms with E-state index in [2.05, 4.69) is 56.2 Å². The molecule has 1 aliphatic rings. The second-order valence-electron chi connectivity index (χ2n) is 6.83. The minimum absolute atomic E-state index is 0.0209. The van der Waals surface area contributed by atoms with E-state index in [1.807, 2.05) is 6.07 Å². The highest BCUT2D eigenvalue weighted by Crippen LogP contribution is 2.39. The first-order valence-electron chi connectivity index (χ1n) is 9.08. The van der Waals surface area contributed by atoms with Crippen LogP contribution in [-0.4, -0.2) is 22.8 Å². The Labute approximate surface area is 186 Å². The molecule has 1 aliphatic heterocycles. The molecule has 0 amide bonds. The van der Waals surface area contributed by atoms with Crippen molar-refractivity contribution in [3.63, 3.8) is 0 Å². The van der Waals surface area contributed by atoms with Crippen molar-refractivity contribution in [2.24, 2.45) is 4.99 Å². The van der Waals surface area contributed by atoms with Crippen LogP contribution in [0.25, 0.3) is 0 Å². The molecule has 0 saturated carbocycles. The van der Waals surface area contributed by atoms with Crippen molar-refractivity contribution in [3.05, 3.63) is 79.1 Å². The maximum atomic E-state index is 10.2. The fraction of sp³-hybridized carbons (Fsp3) is 0.182. The number of thiophene rings is 1. The summed E-state index contributed by atoms with van der Waals surface area (Å²) in [4.78, 5) is 8.10. The molecule has 146 valence electrons. The summed E-state index contributed by atoms with van der Waals surface area (Å²) < 4.78 is 0.754. The topological polar surface area (TPSA) is 59.6 Å². The monoisotopic (exact) mass is 485 g/mol. The number of halogens is 2. The molecule has 4 rings (SSSR count). The number of fused-ring (bicyclic) bond motifs is 1. The molecule has 0 bridgehead atoms. The Balaban J connectivity index is 1.59. The van der Waals surface area contributed by atoms with Crippen molar-refractivity contribution in [2.45, 2.75) is 19.5 Å². The van der Waals surface area contributed by atoms with Gasteiger partial charge in [0.25, 0.3) is 0 Å². The average molecular weight is 487 g/mol. The summed E-state index contributed by atoms with van der Waals surface area (Å²) >= 11 is 10.9. The van der Waals surface area contributed by atoms with Crippen LogP contribution in [-0.2, 0) is 19.5 Å². The number of phenols is 1. The number of hydrogen-bond donors (Lipinski definition) is 1. The number of benzene rings is 2. The van der Waals surface area contributed by atoms with Crippen molar-refractivity contribution in [3.8, 4) is 11.8 Å². The van der Waals surface area contributed by atoms with Crippen LogP contribution in [0.5, 0.6) is 5.75 Å². The highest BCUT2D eigenvalue weighted by molar-refractivity contribution is 9.10. The maximum Gasteiger partial charge on any atom is 0.143 e. The summed E-state index contributed by atoms with van der Waals surface area (Å²) in [5.74, 6) is -0.0209. The molecule has 7 heteroatoms. The molecule has 0 aliphatic carbocycles. The van der Waals surface area contributed by atoms with E-state index in [0.29, 0.717) is 16.1 Å². The molecule has 1 N–H and O–H groups in total. The SMILES string of the molecule is N#Cc1c(/N=C/c2cc(Br)cc(Cl)c2O)sc2c1CCN(Cc1ccccc1)C2. The van der Waals surface area contributed by atoms with Crippen LogP contribution in [0.15, 0.2) is 51.9 Å². The van der Waals surface area contributed by atoms with Gasteiger partial charge in [0.05, 0.1) is 10.6 Å². The van der Waals surface area contributed by atoms with Gasteiger partial charge in [-0.3, -0.25) is 4.90 Å². The van der Waals surface area contributed by atoms with E-state index in [9.17, 15) is 10.4 Å². The highest BCUT2D eigenvalue weighted by atomic mass is 79.9. The Morgan fingerprint density at radius 1 is 1.31 bits per heavy atom. The molecule has 0 unspecified atom stereocenters. The lowest BCUT2D eigenvalue weighted by Gasteiger charge is -2.26. The number of hydrogen-bond acceptors (Lipinski definition) is 5. The largest absolute Gasteiger partial charge is 0.506 e. The first-order valence-corrected chi connectivity index (χ1v) is 11.1. The number of nitriles is 1. The summed E-state index contributed by atoms with van der Waals surface area (Å²) in [6.45, 7) is 2.62. The van der Waals surface area contributed by atoms with Gasteiger partial charge >= 0.3 is 0 Å². The van der Waals surface area contributed by atoms with Crippen LogP contribution >= 0.6 is 38.9 Å². The zero-order chi connectivity index (χ0) is 20.4. The molecular weight excluding hydrogens is 470 g/mol. The van der Waals surface area contributed by atoms with Crippen molar-refractivity contribution in [1.29, 1.82) is 5.26 Å². The third-order valence-corrected chi connectivity index (χ3v) is 6.73. The van der Waals surface area contributed by atoms with Crippen molar-refractivity contribution < 1.29 is 5.11 Å². The highest BCUT2D eigenvalue weighted by Gasteiger charge is 2.24. The van der Waals surface area contributed by atoms with Gasteiger partial charge < -0.3 is 5.11 Å². The van der Waals surface area contributed by atoms with Crippen molar-refractivity contribution >= 4 is 50.1 Å². The van der Waals surface area contributed by atoms with Crippen molar-refractivity contribution in [1.82, 2.24) is 4.90 Å². The van der Waals surface area contributed by atoms with Crippen molar-refractivity contribution in [2.75, 3.05) is 6.54 Å². The first-order chi connectivity index (χ1) is 14.0. The maximum absolute atomic E-state index is 10.2. The standard InChI is InChI=1S/C22H17BrClN3OS/c23-16-8-15(21(28)19(24)9-16)11-26-22-18(10-25)17-6-7-27(13-20(17)29-22)12-14-4-2-1-3-5-14/h1-5,8-9,11,28H,6-7,12-13H2/b26-11+. The minimum atomic E-state index is -0.0209. The van der Waals surface area contributed by atoms with Crippen LogP contribution in [0.2, 0.25) is 5.02 Å². The molecule has 0 saturated heterocycles. The van der Waals surface area contributed by atoms with E-state index in [1.165, 1.54) is 10.4 Å². The Morgan fingerprint density at radius 3 is 2.86 bits per heavy atom. The van der Waals surface area contributed by atoms with Gasteiger partial charge in [-0.2, -0.15) is 5.26 Å². The molecule has 2 heterocycles. The van der Waals surface area contributed by atoms with Gasteiger partial charge in [-0.1, -0.05) is 57.9 Å². The van der Waals surface area contributed by atoms with E-state index in [4.69, 9.17) is 11.6 Å². The quantitative estimate of drug-likeness (QED) is 0.457. The fourth-order valence-corrected chi connectivity index (χ4v) is 5.46. The average Bonchev–Trinajstić information content (AvgIpc) is 3.07. The van der Waals surface area contributed by atoms with Gasteiger partial charge in [-0.05, 0) is 29.7 Å². The Hall–Kier alpha value is -2.17. The van der Waals surface area contributed by atoms with Crippen LogP contribution in [0.4, 0.5) is 5.00 Å². The summed E-state index contributed by atoms with van der Waals surface area (Å²) in [6, 6.07) is 16.1. The Morgan fingerprint density at radius 2 is 2.10 bits per heavy atom. The lowest BCUT2D eigenvalue weighted by atomic mass is 10.0. The molecule has 0 spiro atoms. The Bertz CT molecular complexity index is 1120. The smallest absolute Gasteiger partial charge is 0.143 e. The lowest BCUT2D eigenvalue weighted by molar-refractivity contribution is 0.249. The first kappa shape index (κ1) is 20.1. The second kappa shape index (κ2) is 8.68. The van der Waals surface area contributed by atoms with E-state index in [-0.39, 0.29) is 10.8 Å². The van der Waals surface area contributed by atoms with E-state index >= 15 is 0 Å². The second-order valence-corrected chi connectivity index (χ2v) is 9.23. The van der Waals surface area contributed by atoms with E-state index in [0.717, 1.165) is 36.1 Å². The normalized spacial score (nSPS) is 14.1. The molecule has 0 fully saturated rings. The molecule has 0 radical (unpaired) electrons. The summed E-state index contributed by atoms with van der Waals surface area (Å²) in [7, 11) is 0. The van der Waals surface area contributed by atoms with Gasteiger partial charge in [0.2, 0.25) is 0 Å². The lowest BCUT2D eigenvalue weighted by Crippen LogP contribution is -2.29. The van der Waals surface area contributed by atoms with E-state index < -0.39 is 0 Å². The van der Waals surface area contributed by atoms with Gasteiger partial charge in [-0.25, -0.2) is 4.99 Å². The summed E-state index contributed by atoms with van der Waals surface area (Å²) in [6.07, 6.45) is 2.40. The van der Waals surface area contributed by atoms with Crippen LogP contribution < -0.4 is 0 Å². The van der Waals surface area contributed by atoms with Gasteiger partial charge in [0, 0.05) is 40.8 Å². The summed E-state index contributed by atoms with van der Waals surface area (Å²) in [5.41, 5.74) is 3.53. The number of rotatable bonds is 4. The van der Waals surface area contributed by atoms with Gasteiger partial charge in [0.15, 0.2) is 0 Å². The summed E-state index contributed by atoms with van der Waals surface area (Å²) in [5, 5.41) is 20.8. The molecule has 29 heavy (non-hydrogen) atoms. The zero-order valence-electron chi connectivity index (χ0n) is 15.4. The number of aliphatic imine (C=N–C) groups is 1. The zero-order valence-corrected chi connectivity index (χ0v) is 18.6. The van der Waals surface area contributed by atoms with Crippen LogP contribution in [0.1, 0.15) is 27.1 Å². The molecule has 4 nitrogen and oxygen atoms in total. The van der Waals surface area contributed by atoms with Crippen LogP contribution in [0.3, 0.4) is 0 Å². The van der Waals surface area contributed by atoms with Gasteiger partial charge in [0.1, 0.15) is 16.8 Å². The third-order valence-electron chi connectivity index (χ3n) is 4.86. The fourth-order valence-electron chi connectivity index (χ4n) is 3.44. The number of phenolic OH excluding ortho intramolecular Hbond substituents is 1. The van der Waals surface area contributed by atoms with Crippen LogP contribution in [0, 0.1) is 11.3 Å². The Kier molecular flexibility index (Phi) is 6.02. The predicted molar refractivity (Wildman–Crippen MR) is 121 cm³/mol. The van der Waals surface area contributed by atoms with E-state index in [1.54, 1.807) is 29.7 Å². The number of aromatic hydroxyl groups is 1. The van der Waals surface area contributed by atoms with Gasteiger partial charge in [-0.15, -0.1) is 11.3 Å². The third kappa shape index (κ3) is 4.39. The molecule has 1 aromatic heterocycles. The molecular formula is C22H17BrClN3OS.